The molecule has 2 nitrogen and oxygen atoms in total. The Labute approximate surface area is 96.3 Å². The summed E-state index contributed by atoms with van der Waals surface area (Å²) in [6.07, 6.45) is 0.450. The summed E-state index contributed by atoms with van der Waals surface area (Å²) in [7, 11) is 1.56. The number of Topliss-reactive ketones (excluding diaryl/α,β-unsaturated/α-hetero) is 1. The zero-order valence-electron chi connectivity index (χ0n) is 7.72. The summed E-state index contributed by atoms with van der Waals surface area (Å²) in [5.74, 6) is 0.694. The topological polar surface area (TPSA) is 26.3 Å². The molecule has 0 saturated carbocycles. The van der Waals surface area contributed by atoms with E-state index in [0.29, 0.717) is 28.1 Å². The summed E-state index contributed by atoms with van der Waals surface area (Å²) in [6, 6.07) is 5.06. The number of benzene rings is 1. The van der Waals surface area contributed by atoms with Crippen LogP contribution in [0.5, 0.6) is 5.75 Å². The predicted octanol–water partition coefficient (Wildman–Crippen LogP) is 3.32. The molecule has 4 heteroatoms. The third kappa shape index (κ3) is 2.72. The quantitative estimate of drug-likeness (QED) is 0.623. The Morgan fingerprint density at radius 2 is 2.29 bits per heavy atom. The second-order valence-corrected chi connectivity index (χ2v) is 3.91. The SMILES string of the molecule is COc1ccc(C(=O)CCBr)c(Cl)c1. The third-order valence-electron chi connectivity index (χ3n) is 1.80. The van der Waals surface area contributed by atoms with E-state index < -0.39 is 0 Å². The molecule has 0 radical (unpaired) electrons. The van der Waals surface area contributed by atoms with Crippen LogP contribution in [0, 0.1) is 0 Å². The Kier molecular flexibility index (Phi) is 4.42. The molecule has 0 fully saturated rings. The van der Waals surface area contributed by atoms with Crippen molar-refractivity contribution in [3.05, 3.63) is 28.8 Å². The molecule has 76 valence electrons. The Hall–Kier alpha value is -0.540. The fourth-order valence-corrected chi connectivity index (χ4v) is 1.71. The van der Waals surface area contributed by atoms with Crippen molar-refractivity contribution in [2.75, 3.05) is 12.4 Å². The van der Waals surface area contributed by atoms with E-state index in [9.17, 15) is 4.79 Å². The highest BCUT2D eigenvalue weighted by Gasteiger charge is 2.09. The van der Waals surface area contributed by atoms with Gasteiger partial charge in [-0.25, -0.2) is 0 Å². The van der Waals surface area contributed by atoms with Gasteiger partial charge in [0.2, 0.25) is 0 Å². The highest BCUT2D eigenvalue weighted by molar-refractivity contribution is 9.09. The Bertz CT molecular complexity index is 339. The number of hydrogen-bond acceptors (Lipinski definition) is 2. The van der Waals surface area contributed by atoms with Gasteiger partial charge in [-0.15, -0.1) is 0 Å². The van der Waals surface area contributed by atoms with Gasteiger partial charge in [-0.2, -0.15) is 0 Å². The van der Waals surface area contributed by atoms with Crippen LogP contribution in [0.3, 0.4) is 0 Å². The normalized spacial score (nSPS) is 9.93. The molecule has 14 heavy (non-hydrogen) atoms. The predicted molar refractivity (Wildman–Crippen MR) is 60.7 cm³/mol. The monoisotopic (exact) mass is 276 g/mol. The Morgan fingerprint density at radius 1 is 1.57 bits per heavy atom. The largest absolute Gasteiger partial charge is 0.497 e. The van der Waals surface area contributed by atoms with Crippen LogP contribution in [0.1, 0.15) is 16.8 Å². The number of methoxy groups -OCH3 is 1. The second kappa shape index (κ2) is 5.37. The average Bonchev–Trinajstić information content (AvgIpc) is 2.17. The van der Waals surface area contributed by atoms with E-state index in [1.807, 2.05) is 0 Å². The van der Waals surface area contributed by atoms with Gasteiger partial charge in [-0.1, -0.05) is 27.5 Å². The van der Waals surface area contributed by atoms with Gasteiger partial charge in [0.05, 0.1) is 12.1 Å². The highest BCUT2D eigenvalue weighted by atomic mass is 79.9. The molecule has 0 heterocycles. The molecule has 0 atom stereocenters. The van der Waals surface area contributed by atoms with Crippen molar-refractivity contribution in [3.8, 4) is 5.75 Å². The zero-order chi connectivity index (χ0) is 10.6. The summed E-state index contributed by atoms with van der Waals surface area (Å²) in [6.45, 7) is 0. The van der Waals surface area contributed by atoms with Crippen LogP contribution in [0.25, 0.3) is 0 Å². The van der Waals surface area contributed by atoms with Crippen molar-refractivity contribution in [2.45, 2.75) is 6.42 Å². The summed E-state index contributed by atoms with van der Waals surface area (Å²) in [5.41, 5.74) is 0.548. The molecule has 0 N–H and O–H groups in total. The fourth-order valence-electron chi connectivity index (χ4n) is 1.07. The Balaban J connectivity index is 2.94. The van der Waals surface area contributed by atoms with Crippen LogP contribution in [0.4, 0.5) is 0 Å². The molecule has 0 spiro atoms. The smallest absolute Gasteiger partial charge is 0.165 e. The summed E-state index contributed by atoms with van der Waals surface area (Å²) in [5, 5.41) is 1.09. The highest BCUT2D eigenvalue weighted by Crippen LogP contribution is 2.23. The minimum Gasteiger partial charge on any atom is -0.497 e. The van der Waals surface area contributed by atoms with Crippen LogP contribution in [-0.4, -0.2) is 18.2 Å². The van der Waals surface area contributed by atoms with E-state index in [2.05, 4.69) is 15.9 Å². The number of carbonyl (C=O) groups is 1. The van der Waals surface area contributed by atoms with Crippen LogP contribution in [0.2, 0.25) is 5.02 Å². The van der Waals surface area contributed by atoms with Gasteiger partial charge < -0.3 is 4.74 Å². The summed E-state index contributed by atoms with van der Waals surface area (Å²) >= 11 is 9.13. The molecule has 1 aromatic rings. The molecular weight excluding hydrogens is 267 g/mol. The lowest BCUT2D eigenvalue weighted by Crippen LogP contribution is -2.00. The first-order valence-corrected chi connectivity index (χ1v) is 5.61. The number of hydrogen-bond donors (Lipinski definition) is 0. The standard InChI is InChI=1S/C10H10BrClO2/c1-14-7-2-3-8(9(12)6-7)10(13)4-5-11/h2-3,6H,4-5H2,1H3. The van der Waals surface area contributed by atoms with Crippen molar-refractivity contribution in [1.29, 1.82) is 0 Å². The average molecular weight is 278 g/mol. The van der Waals surface area contributed by atoms with Crippen molar-refractivity contribution in [1.82, 2.24) is 0 Å². The lowest BCUT2D eigenvalue weighted by molar-refractivity contribution is 0.0990. The molecule has 0 aliphatic rings. The first-order chi connectivity index (χ1) is 6.69. The van der Waals surface area contributed by atoms with E-state index in [1.165, 1.54) is 0 Å². The maximum atomic E-state index is 11.5. The first-order valence-electron chi connectivity index (χ1n) is 4.11. The molecule has 1 rings (SSSR count). The summed E-state index contributed by atoms with van der Waals surface area (Å²) < 4.78 is 4.98. The van der Waals surface area contributed by atoms with Crippen LogP contribution >= 0.6 is 27.5 Å². The van der Waals surface area contributed by atoms with E-state index in [1.54, 1.807) is 25.3 Å². The first kappa shape index (κ1) is 11.5. The van der Waals surface area contributed by atoms with Crippen LogP contribution in [-0.2, 0) is 0 Å². The minimum absolute atomic E-state index is 0.0366. The molecule has 1 aromatic carbocycles. The fraction of sp³-hybridized carbons (Fsp3) is 0.300. The molecule has 0 aliphatic carbocycles. The van der Waals surface area contributed by atoms with Crippen molar-refractivity contribution < 1.29 is 9.53 Å². The third-order valence-corrected chi connectivity index (χ3v) is 2.51. The molecule has 0 aliphatic heterocycles. The lowest BCUT2D eigenvalue weighted by atomic mass is 10.1. The number of halogens is 2. The second-order valence-electron chi connectivity index (χ2n) is 2.71. The molecule has 0 saturated heterocycles. The zero-order valence-corrected chi connectivity index (χ0v) is 10.1. The number of ether oxygens (including phenoxy) is 1. The van der Waals surface area contributed by atoms with Gasteiger partial charge in [-0.05, 0) is 18.2 Å². The van der Waals surface area contributed by atoms with E-state index in [-0.39, 0.29) is 5.78 Å². The number of rotatable bonds is 4. The number of ketones is 1. The summed E-state index contributed by atoms with van der Waals surface area (Å²) in [4.78, 5) is 11.5. The van der Waals surface area contributed by atoms with Crippen LogP contribution in [0.15, 0.2) is 18.2 Å². The maximum Gasteiger partial charge on any atom is 0.165 e. The molecule has 0 bridgehead atoms. The molecule has 0 aromatic heterocycles. The minimum atomic E-state index is 0.0366. The van der Waals surface area contributed by atoms with Gasteiger partial charge in [0, 0.05) is 17.3 Å². The van der Waals surface area contributed by atoms with E-state index in [0.717, 1.165) is 0 Å². The van der Waals surface area contributed by atoms with Gasteiger partial charge >= 0.3 is 0 Å². The number of alkyl halides is 1. The van der Waals surface area contributed by atoms with Gasteiger partial charge in [0.25, 0.3) is 0 Å². The van der Waals surface area contributed by atoms with Gasteiger partial charge in [-0.3, -0.25) is 4.79 Å². The van der Waals surface area contributed by atoms with Crippen molar-refractivity contribution in [2.24, 2.45) is 0 Å². The van der Waals surface area contributed by atoms with Crippen LogP contribution < -0.4 is 4.74 Å². The van der Waals surface area contributed by atoms with Gasteiger partial charge in [0.15, 0.2) is 5.78 Å². The molecular formula is C10H10BrClO2. The van der Waals surface area contributed by atoms with Crippen molar-refractivity contribution in [3.63, 3.8) is 0 Å². The molecule has 0 unspecified atom stereocenters. The van der Waals surface area contributed by atoms with E-state index in [4.69, 9.17) is 16.3 Å². The van der Waals surface area contributed by atoms with Crippen molar-refractivity contribution >= 4 is 33.3 Å². The number of carbonyl (C=O) groups excluding carboxylic acids is 1. The maximum absolute atomic E-state index is 11.5. The molecule has 0 amide bonds. The van der Waals surface area contributed by atoms with E-state index >= 15 is 0 Å². The Morgan fingerprint density at radius 3 is 2.79 bits per heavy atom. The lowest BCUT2D eigenvalue weighted by Gasteiger charge is -2.04. The van der Waals surface area contributed by atoms with Gasteiger partial charge in [0.1, 0.15) is 5.75 Å².